The van der Waals surface area contributed by atoms with E-state index in [1.54, 1.807) is 0 Å². The smallest absolute Gasteiger partial charge is 0.0629 e. The lowest BCUT2D eigenvalue weighted by Crippen LogP contribution is -1.97. The summed E-state index contributed by atoms with van der Waals surface area (Å²) in [6.45, 7) is 0. The fourth-order valence-electron chi connectivity index (χ4n) is 4.49. The van der Waals surface area contributed by atoms with Gasteiger partial charge in [0.25, 0.3) is 0 Å². The van der Waals surface area contributed by atoms with Crippen LogP contribution in [0.2, 0.25) is 0 Å². The lowest BCUT2D eigenvalue weighted by Gasteiger charge is -2.15. The van der Waals surface area contributed by atoms with E-state index >= 15 is 0 Å². The van der Waals surface area contributed by atoms with Crippen molar-refractivity contribution in [3.63, 3.8) is 0 Å². The number of nitrogens with one attached hydrogen (secondary N) is 2. The maximum absolute atomic E-state index is 5.66. The number of benzene rings is 7. The van der Waals surface area contributed by atoms with Crippen LogP contribution in [0.15, 0.2) is 168 Å². The number of fused-ring (bicyclic) bond motifs is 2. The Kier molecular flexibility index (Phi) is 13.0. The number of halogens is 1. The molecule has 0 saturated heterocycles. The number of hydrogen-bond acceptors (Lipinski definition) is 4. The number of rotatable bonds is 4. The standard InChI is InChI=1S/C22H18N2.C10H10N2.C6H5Br.2CH4/c1-3-11-19(12-4-1)23-21-15-17-9-7-8-10-18(17)16-22(21)24-20-13-5-2-6-14-20;11-9-5-7-3-1-2-4-8(7)6-10(9)12;7-6-4-2-1-3-5-6;;/h1-16,23-24H;1-6H,11-12H2;1-5H;2*1H4. The molecule has 5 heteroatoms. The molecule has 7 aromatic carbocycles. The minimum Gasteiger partial charge on any atom is -0.397 e. The molecule has 7 aromatic rings. The molecule has 0 aliphatic heterocycles. The summed E-state index contributed by atoms with van der Waals surface area (Å²) in [4.78, 5) is 0. The lowest BCUT2D eigenvalue weighted by atomic mass is 10.1. The third-order valence-corrected chi connectivity index (χ3v) is 7.20. The van der Waals surface area contributed by atoms with E-state index < -0.39 is 0 Å². The molecule has 45 heavy (non-hydrogen) atoms. The highest BCUT2D eigenvalue weighted by atomic mass is 79.9. The molecule has 0 aliphatic carbocycles. The molecule has 0 amide bonds. The Labute approximate surface area is 275 Å². The van der Waals surface area contributed by atoms with Gasteiger partial charge in [-0.25, -0.2) is 0 Å². The van der Waals surface area contributed by atoms with Crippen molar-refractivity contribution in [1.29, 1.82) is 0 Å². The minimum atomic E-state index is 0. The fraction of sp³-hybridized carbons (Fsp3) is 0.0500. The number of nitrogen functional groups attached to an aromatic ring is 2. The van der Waals surface area contributed by atoms with Crippen molar-refractivity contribution >= 4 is 71.6 Å². The van der Waals surface area contributed by atoms with E-state index in [2.05, 4.69) is 87.2 Å². The van der Waals surface area contributed by atoms with Gasteiger partial charge in [-0.2, -0.15) is 0 Å². The molecule has 0 heterocycles. The van der Waals surface area contributed by atoms with Gasteiger partial charge in [-0.3, -0.25) is 0 Å². The molecule has 0 spiro atoms. The van der Waals surface area contributed by atoms with Gasteiger partial charge in [0.2, 0.25) is 0 Å². The predicted molar refractivity (Wildman–Crippen MR) is 204 cm³/mol. The van der Waals surface area contributed by atoms with E-state index in [0.717, 1.165) is 38.0 Å². The molecule has 0 saturated carbocycles. The highest BCUT2D eigenvalue weighted by Gasteiger charge is 2.06. The van der Waals surface area contributed by atoms with Crippen molar-refractivity contribution in [2.75, 3.05) is 22.1 Å². The topological polar surface area (TPSA) is 76.1 Å². The summed E-state index contributed by atoms with van der Waals surface area (Å²) in [5.74, 6) is 0. The van der Waals surface area contributed by atoms with Gasteiger partial charge >= 0.3 is 0 Å². The Morgan fingerprint density at radius 1 is 0.378 bits per heavy atom. The third-order valence-electron chi connectivity index (χ3n) is 6.68. The first-order valence-corrected chi connectivity index (χ1v) is 14.8. The molecule has 0 fully saturated rings. The van der Waals surface area contributed by atoms with Crippen molar-refractivity contribution in [2.24, 2.45) is 0 Å². The first kappa shape index (κ1) is 34.2. The molecule has 6 N–H and O–H groups in total. The quantitative estimate of drug-likeness (QED) is 0.142. The molecule has 0 atom stereocenters. The summed E-state index contributed by atoms with van der Waals surface area (Å²) in [5, 5.41) is 11.7. The molecular weight excluding hydrogens is 616 g/mol. The molecule has 4 nitrogen and oxygen atoms in total. The van der Waals surface area contributed by atoms with Gasteiger partial charge in [0.05, 0.1) is 22.7 Å². The van der Waals surface area contributed by atoms with Crippen LogP contribution in [0.1, 0.15) is 14.9 Å². The lowest BCUT2D eigenvalue weighted by molar-refractivity contribution is 1.52. The molecule has 7 rings (SSSR count). The summed E-state index contributed by atoms with van der Waals surface area (Å²) in [5.41, 5.74) is 16.9. The molecule has 0 unspecified atom stereocenters. The normalized spacial score (nSPS) is 9.71. The molecule has 0 aliphatic rings. The minimum absolute atomic E-state index is 0. The summed E-state index contributed by atoms with van der Waals surface area (Å²) >= 11 is 3.31. The van der Waals surface area contributed by atoms with Crippen molar-refractivity contribution < 1.29 is 0 Å². The van der Waals surface area contributed by atoms with E-state index in [0.29, 0.717) is 11.4 Å². The number of nitrogens with two attached hydrogens (primary N) is 2. The van der Waals surface area contributed by atoms with Crippen LogP contribution in [0.25, 0.3) is 21.5 Å². The molecule has 228 valence electrons. The Balaban J connectivity index is 0.000000219. The highest BCUT2D eigenvalue weighted by Crippen LogP contribution is 2.33. The number of hydrogen-bond donors (Lipinski definition) is 4. The first-order valence-electron chi connectivity index (χ1n) is 14.0. The fourth-order valence-corrected chi connectivity index (χ4v) is 4.80. The zero-order valence-electron chi connectivity index (χ0n) is 23.6. The summed E-state index contributed by atoms with van der Waals surface area (Å²) in [6.07, 6.45) is 0. The van der Waals surface area contributed by atoms with Crippen LogP contribution in [-0.2, 0) is 0 Å². The number of para-hydroxylation sites is 2. The predicted octanol–water partition coefficient (Wildman–Crippen LogP) is 12.1. The van der Waals surface area contributed by atoms with Crippen LogP contribution >= 0.6 is 15.9 Å². The summed E-state index contributed by atoms with van der Waals surface area (Å²) < 4.78 is 1.13. The van der Waals surface area contributed by atoms with Gasteiger partial charge < -0.3 is 22.1 Å². The van der Waals surface area contributed by atoms with Crippen molar-refractivity contribution in [2.45, 2.75) is 14.9 Å². The third kappa shape index (κ3) is 9.88. The average Bonchev–Trinajstić information content (AvgIpc) is 3.04. The van der Waals surface area contributed by atoms with Gasteiger partial charge in [-0.15, -0.1) is 0 Å². The largest absolute Gasteiger partial charge is 0.397 e. The Hall–Kier alpha value is -5.26. The zero-order valence-corrected chi connectivity index (χ0v) is 25.2. The molecule has 0 radical (unpaired) electrons. The van der Waals surface area contributed by atoms with Crippen molar-refractivity contribution in [3.8, 4) is 0 Å². The maximum atomic E-state index is 5.66. The second-order valence-electron chi connectivity index (χ2n) is 9.85. The van der Waals surface area contributed by atoms with Gasteiger partial charge in [-0.1, -0.05) is 134 Å². The molecule has 0 bridgehead atoms. The highest BCUT2D eigenvalue weighted by molar-refractivity contribution is 9.10. The first-order chi connectivity index (χ1) is 21.0. The van der Waals surface area contributed by atoms with Crippen molar-refractivity contribution in [1.82, 2.24) is 0 Å². The molecular formula is C40H41BrN4. The maximum Gasteiger partial charge on any atom is 0.0629 e. The second kappa shape index (κ2) is 17.1. The Morgan fingerprint density at radius 3 is 0.978 bits per heavy atom. The van der Waals surface area contributed by atoms with Crippen LogP contribution in [-0.4, -0.2) is 0 Å². The average molecular weight is 658 g/mol. The zero-order chi connectivity index (χ0) is 29.9. The summed E-state index contributed by atoms with van der Waals surface area (Å²) in [6, 6.07) is 55.0. The van der Waals surface area contributed by atoms with E-state index in [-0.39, 0.29) is 14.9 Å². The van der Waals surface area contributed by atoms with Gasteiger partial charge in [-0.05, 0) is 82.2 Å². The van der Waals surface area contributed by atoms with E-state index in [4.69, 9.17) is 11.5 Å². The van der Waals surface area contributed by atoms with Gasteiger partial charge in [0.15, 0.2) is 0 Å². The SMILES string of the molecule is Brc1ccccc1.C.C.Nc1cc2ccccc2cc1N.c1ccc(Nc2cc3ccccc3cc2Nc2ccccc2)cc1. The van der Waals surface area contributed by atoms with Crippen LogP contribution in [0.4, 0.5) is 34.1 Å². The van der Waals surface area contributed by atoms with Crippen LogP contribution < -0.4 is 22.1 Å². The van der Waals surface area contributed by atoms with Gasteiger partial charge in [0, 0.05) is 15.8 Å². The second-order valence-corrected chi connectivity index (χ2v) is 10.8. The Morgan fingerprint density at radius 2 is 0.667 bits per heavy atom. The van der Waals surface area contributed by atoms with Crippen LogP contribution in [0, 0.1) is 0 Å². The van der Waals surface area contributed by atoms with Crippen LogP contribution in [0.3, 0.4) is 0 Å². The van der Waals surface area contributed by atoms with Gasteiger partial charge in [0.1, 0.15) is 0 Å². The van der Waals surface area contributed by atoms with E-state index in [1.165, 1.54) is 10.8 Å². The molecule has 0 aromatic heterocycles. The van der Waals surface area contributed by atoms with E-state index in [9.17, 15) is 0 Å². The van der Waals surface area contributed by atoms with E-state index in [1.807, 2.05) is 103 Å². The summed E-state index contributed by atoms with van der Waals surface area (Å²) in [7, 11) is 0. The van der Waals surface area contributed by atoms with Crippen LogP contribution in [0.5, 0.6) is 0 Å². The monoisotopic (exact) mass is 656 g/mol. The Bertz CT molecular complexity index is 1770. The van der Waals surface area contributed by atoms with Crippen molar-refractivity contribution in [3.05, 3.63) is 168 Å². The number of anilines is 6.